The maximum Gasteiger partial charge on any atom is 0.213 e. The van der Waals surface area contributed by atoms with Gasteiger partial charge in [-0.1, -0.05) is 0 Å². The molecule has 0 aliphatic carbocycles. The van der Waals surface area contributed by atoms with Gasteiger partial charge in [-0.2, -0.15) is 4.88 Å². The van der Waals surface area contributed by atoms with E-state index in [0.29, 0.717) is 0 Å². The first-order chi connectivity index (χ1) is 2.41. The normalized spacial score (nSPS) is 15.5. The molecule has 0 amide bonds. The third-order valence-electron chi connectivity index (χ3n) is 0.0577. The standard InChI is InChI=1S/BH2N2P/c1-4-3-2/h2,4H/i/hT. The van der Waals surface area contributed by atoms with E-state index in [9.17, 15) is 0 Å². The fourth-order valence-corrected chi connectivity index (χ4v) is 0. The van der Waals surface area contributed by atoms with Crippen LogP contribution in [0.5, 0.6) is 0 Å². The highest BCUT2D eigenvalue weighted by Gasteiger charge is 1.46. The maximum atomic E-state index is 5.99. The van der Waals surface area contributed by atoms with E-state index in [1.54, 1.807) is 0 Å². The lowest BCUT2D eigenvalue weighted by atomic mass is 10.8. The SMILES string of the molecule is [3H]N=NP[B]. The van der Waals surface area contributed by atoms with Crippen LogP contribution in [0.15, 0.2) is 4.88 Å². The molecular weight excluding hydrogens is 69.8 g/mol. The summed E-state index contributed by atoms with van der Waals surface area (Å²) >= 11 is 0. The van der Waals surface area contributed by atoms with Gasteiger partial charge in [0.05, 0.1) is 0 Å². The smallest absolute Gasteiger partial charge is 0.207 e. The molecule has 0 aliphatic rings. The van der Waals surface area contributed by atoms with E-state index in [1.165, 1.54) is 0 Å². The lowest BCUT2D eigenvalue weighted by molar-refractivity contribution is 1.25. The predicted octanol–water partition coefficient (Wildman–Crippen LogP) is 0.694. The Morgan fingerprint density at radius 3 is 3.25 bits per heavy atom. The first-order valence-electron chi connectivity index (χ1n) is 1.16. The van der Waals surface area contributed by atoms with E-state index in [4.69, 9.17) is 8.98 Å². The van der Waals surface area contributed by atoms with Gasteiger partial charge in [0.15, 0.2) is 0 Å². The fraction of sp³-hybridized carbons (Fsp3) is 0. The van der Waals surface area contributed by atoms with Crippen molar-refractivity contribution in [1.82, 2.24) is 0 Å². The summed E-state index contributed by atoms with van der Waals surface area (Å²) in [6, 6.07) is 0. The van der Waals surface area contributed by atoms with Crippen LogP contribution < -0.4 is 0 Å². The predicted molar refractivity (Wildman–Crippen MR) is 19.2 cm³/mol. The second-order valence-corrected chi connectivity index (χ2v) is 0.687. The van der Waals surface area contributed by atoms with Crippen molar-refractivity contribution in [3.63, 3.8) is 0 Å². The van der Waals surface area contributed by atoms with Gasteiger partial charge in [-0.15, -0.1) is 0 Å². The molecule has 4 heteroatoms. The quantitative estimate of drug-likeness (QED) is 0.270. The van der Waals surface area contributed by atoms with Crippen LogP contribution in [0.25, 0.3) is 0 Å². The lowest BCUT2D eigenvalue weighted by Crippen LogP contribution is -1.24. The van der Waals surface area contributed by atoms with Crippen LogP contribution in [0.2, 0.25) is 1.41 Å². The van der Waals surface area contributed by atoms with Gasteiger partial charge in [-0.3, -0.25) is 0 Å². The van der Waals surface area contributed by atoms with Crippen molar-refractivity contribution < 1.29 is 1.41 Å². The van der Waals surface area contributed by atoms with Crippen LogP contribution in [0.1, 0.15) is 0 Å². The van der Waals surface area contributed by atoms with Crippen molar-refractivity contribution in [1.29, 1.82) is 5.52 Å². The minimum atomic E-state index is -0.0714. The van der Waals surface area contributed by atoms with Gasteiger partial charge < -0.3 is 0 Å². The van der Waals surface area contributed by atoms with E-state index in [1.807, 2.05) is 0 Å². The van der Waals surface area contributed by atoms with Gasteiger partial charge in [0.1, 0.15) is 7.57 Å². The first kappa shape index (κ1) is 2.34. The van der Waals surface area contributed by atoms with Gasteiger partial charge >= 0.3 is 0 Å². The summed E-state index contributed by atoms with van der Waals surface area (Å²) in [6.07, 6.45) is 0. The third-order valence-corrected chi connectivity index (χ3v) is 0.173. The number of nitrogens with zero attached hydrogens (tertiary/aromatic N) is 1. The van der Waals surface area contributed by atoms with Crippen molar-refractivity contribution in [2.24, 2.45) is 4.88 Å². The van der Waals surface area contributed by atoms with Crippen LogP contribution >= 0.6 is 8.61 Å². The van der Waals surface area contributed by atoms with E-state index in [0.717, 1.165) is 0 Å². The summed E-state index contributed by atoms with van der Waals surface area (Å²) < 4.78 is 5.99. The Hall–Kier alpha value is 0.0949. The molecule has 1 N–H and O–H groups in total. The largest absolute Gasteiger partial charge is 0.213 e. The monoisotopic (exact) mass is 74.0 g/mol. The zero-order valence-corrected chi connectivity index (χ0v) is 2.97. The Bertz CT molecular complexity index is 36.6. The molecule has 2 nitrogen and oxygen atoms in total. The molecule has 0 aliphatic heterocycles. The Labute approximate surface area is 29.2 Å². The molecule has 0 aromatic heterocycles. The molecule has 0 heterocycles. The van der Waals surface area contributed by atoms with Crippen molar-refractivity contribution in [3.8, 4) is 0 Å². The molecule has 2 radical (unpaired) electrons. The summed E-state index contributed by atoms with van der Waals surface area (Å²) in [6.45, 7) is 0. The average Bonchev–Trinajstić information content (AvgIpc) is 1.41. The molecular formula is H2BN2P. The summed E-state index contributed by atoms with van der Waals surface area (Å²) in [7, 11) is 4.72. The zero-order valence-electron chi connectivity index (χ0n) is 2.97. The van der Waals surface area contributed by atoms with Crippen LogP contribution in [0, 0.1) is 5.52 Å². The molecule has 1 atom stereocenters. The van der Waals surface area contributed by atoms with Crippen molar-refractivity contribution in [2.45, 2.75) is 0 Å². The highest BCUT2D eigenvalue weighted by Crippen LogP contribution is 1.96. The number of hydrogen-bond acceptors (Lipinski definition) is 2. The van der Waals surface area contributed by atoms with Crippen molar-refractivity contribution in [3.05, 3.63) is 0 Å². The average molecular weight is 73.8 g/mol. The van der Waals surface area contributed by atoms with E-state index in [-0.39, 0.29) is 8.61 Å². The molecule has 0 spiro atoms. The lowest BCUT2D eigenvalue weighted by Gasteiger charge is -1.58. The van der Waals surface area contributed by atoms with Crippen molar-refractivity contribution in [2.75, 3.05) is 0 Å². The molecule has 1 unspecified atom stereocenters. The molecule has 20 valence electrons. The zero-order chi connectivity index (χ0) is 4.12. The topological polar surface area (TPSA) is 36.2 Å². The fourth-order valence-electron chi connectivity index (χ4n) is 0. The Balaban J connectivity index is 2.62. The van der Waals surface area contributed by atoms with Gasteiger partial charge in [0, 0.05) is 0 Å². The Morgan fingerprint density at radius 2 is 3.25 bits per heavy atom. The van der Waals surface area contributed by atoms with Crippen molar-refractivity contribution >= 4 is 16.2 Å². The minimum Gasteiger partial charge on any atom is -0.207 e. The molecule has 0 saturated heterocycles. The molecule has 0 saturated carbocycles. The van der Waals surface area contributed by atoms with Gasteiger partial charge in [-0.25, -0.2) is 5.52 Å². The molecule has 4 heavy (non-hydrogen) atoms. The summed E-state index contributed by atoms with van der Waals surface area (Å²) in [5.74, 6) is 0. The molecule has 0 rings (SSSR count). The highest BCUT2D eigenvalue weighted by atomic mass is 31.1. The van der Waals surface area contributed by atoms with Crippen LogP contribution in [-0.2, 0) is 0 Å². The van der Waals surface area contributed by atoms with E-state index >= 15 is 0 Å². The molecule has 0 aromatic carbocycles. The minimum absolute atomic E-state index is 0.0714. The summed E-state index contributed by atoms with van der Waals surface area (Å²) in [4.78, 5) is 3.07. The summed E-state index contributed by atoms with van der Waals surface area (Å²) in [5.41, 5.74) is 2.62. The molecule has 0 fully saturated rings. The van der Waals surface area contributed by atoms with Crippen LogP contribution in [0.3, 0.4) is 0 Å². The number of nitrogens with one attached hydrogen (secondary N) is 1. The Kier molecular flexibility index (Phi) is 1.81. The van der Waals surface area contributed by atoms with Gasteiger partial charge in [0.2, 0.25) is 1.41 Å². The second kappa shape index (κ2) is 3.09. The molecule has 0 bridgehead atoms. The molecule has 0 aromatic rings. The van der Waals surface area contributed by atoms with Gasteiger partial charge in [-0.05, 0) is 8.61 Å². The number of hydrogen-bond donors (Lipinski definition) is 1. The highest BCUT2D eigenvalue weighted by molar-refractivity contribution is 7.64. The Morgan fingerprint density at radius 1 is 2.50 bits per heavy atom. The van der Waals surface area contributed by atoms with Crippen LogP contribution in [-0.4, -0.2) is 7.57 Å². The van der Waals surface area contributed by atoms with E-state index < -0.39 is 0 Å². The van der Waals surface area contributed by atoms with E-state index in [2.05, 4.69) is 10.4 Å². The summed E-state index contributed by atoms with van der Waals surface area (Å²) in [5, 5.41) is 0. The second-order valence-electron chi connectivity index (χ2n) is 0.229. The maximum absolute atomic E-state index is 5.99. The van der Waals surface area contributed by atoms with Crippen LogP contribution in [0.4, 0.5) is 0 Å². The number of rotatable bonds is 1. The first-order valence-corrected chi connectivity index (χ1v) is 1.74. The third kappa shape index (κ3) is 2.09. The van der Waals surface area contributed by atoms with Gasteiger partial charge in [0.25, 0.3) is 0 Å².